The molecule has 2 rings (SSSR count). The third-order valence-electron chi connectivity index (χ3n) is 3.37. The van der Waals surface area contributed by atoms with Crippen molar-refractivity contribution in [3.63, 3.8) is 0 Å². The lowest BCUT2D eigenvalue weighted by molar-refractivity contribution is -0.119. The topological polar surface area (TPSA) is 105 Å². The maximum atomic E-state index is 12.4. The normalized spacial score (nSPS) is 10.2. The molecule has 3 amide bonds. The summed E-state index contributed by atoms with van der Waals surface area (Å²) in [6.45, 7) is 3.45. The molecule has 0 bridgehead atoms. The van der Waals surface area contributed by atoms with E-state index in [1.807, 2.05) is 0 Å². The van der Waals surface area contributed by atoms with Gasteiger partial charge in [-0.3, -0.25) is 14.4 Å². The average Bonchev–Trinajstić information content (AvgIpc) is 2.97. The monoisotopic (exact) mass is 344 g/mol. The number of likely N-dealkylation sites (N-methyl/N-ethyl adjacent to an activating group) is 1. The summed E-state index contributed by atoms with van der Waals surface area (Å²) < 4.78 is 4.86. The first-order valence-electron chi connectivity index (χ1n) is 7.67. The molecule has 8 heteroatoms. The average molecular weight is 344 g/mol. The number of carbonyl (C=O) groups is 3. The van der Waals surface area contributed by atoms with Gasteiger partial charge >= 0.3 is 0 Å². The first-order chi connectivity index (χ1) is 11.8. The number of amides is 3. The summed E-state index contributed by atoms with van der Waals surface area (Å²) in [7, 11) is 1.54. The summed E-state index contributed by atoms with van der Waals surface area (Å²) in [5.41, 5.74) is 1.34. The molecule has 0 aliphatic rings. The van der Waals surface area contributed by atoms with Gasteiger partial charge in [0.2, 0.25) is 11.8 Å². The van der Waals surface area contributed by atoms with Crippen molar-refractivity contribution in [1.82, 2.24) is 15.4 Å². The Balaban J connectivity index is 1.90. The number of hydrogen-bond donors (Lipinski definition) is 2. The van der Waals surface area contributed by atoms with Crippen molar-refractivity contribution in [2.75, 3.05) is 18.9 Å². The first-order valence-corrected chi connectivity index (χ1v) is 7.67. The Labute approximate surface area is 145 Å². The number of aromatic nitrogens is 1. The van der Waals surface area contributed by atoms with E-state index >= 15 is 0 Å². The van der Waals surface area contributed by atoms with Crippen molar-refractivity contribution >= 4 is 23.5 Å². The van der Waals surface area contributed by atoms with Crippen LogP contribution in [0.25, 0.3) is 0 Å². The van der Waals surface area contributed by atoms with Crippen molar-refractivity contribution in [1.29, 1.82) is 0 Å². The molecule has 0 aliphatic carbocycles. The van der Waals surface area contributed by atoms with Crippen LogP contribution >= 0.6 is 0 Å². The zero-order valence-corrected chi connectivity index (χ0v) is 14.3. The number of aryl methyl sites for hydroxylation is 1. The SMILES string of the molecule is CC(=O)NCc1ccc(C(=O)N(C)CC(=O)Nc2cc(C)on2)cc1. The van der Waals surface area contributed by atoms with Crippen LogP contribution < -0.4 is 10.6 Å². The second-order valence-electron chi connectivity index (χ2n) is 5.64. The Morgan fingerprint density at radius 3 is 2.44 bits per heavy atom. The number of carbonyl (C=O) groups excluding carboxylic acids is 3. The Hall–Kier alpha value is -3.16. The summed E-state index contributed by atoms with van der Waals surface area (Å²) in [5, 5.41) is 8.91. The molecule has 0 saturated carbocycles. The molecule has 0 spiro atoms. The second kappa shape index (κ2) is 8.09. The molecule has 2 aromatic rings. The highest BCUT2D eigenvalue weighted by atomic mass is 16.5. The minimum absolute atomic E-state index is 0.113. The van der Waals surface area contributed by atoms with Gasteiger partial charge in [-0.1, -0.05) is 17.3 Å². The van der Waals surface area contributed by atoms with Crippen LogP contribution in [0.15, 0.2) is 34.9 Å². The summed E-state index contributed by atoms with van der Waals surface area (Å²) >= 11 is 0. The zero-order chi connectivity index (χ0) is 18.4. The van der Waals surface area contributed by atoms with Gasteiger partial charge in [0.1, 0.15) is 5.76 Å². The van der Waals surface area contributed by atoms with Crippen LogP contribution in [0.5, 0.6) is 0 Å². The Kier molecular flexibility index (Phi) is 5.89. The Morgan fingerprint density at radius 2 is 1.88 bits per heavy atom. The zero-order valence-electron chi connectivity index (χ0n) is 14.3. The molecule has 25 heavy (non-hydrogen) atoms. The summed E-state index contributed by atoms with van der Waals surface area (Å²) in [5.74, 6) is 0.127. The van der Waals surface area contributed by atoms with Gasteiger partial charge in [-0.15, -0.1) is 0 Å². The molecule has 0 aliphatic heterocycles. The summed E-state index contributed by atoms with van der Waals surface area (Å²) in [4.78, 5) is 36.5. The van der Waals surface area contributed by atoms with Crippen molar-refractivity contribution in [3.8, 4) is 0 Å². The smallest absolute Gasteiger partial charge is 0.254 e. The number of anilines is 1. The molecule has 1 aromatic carbocycles. The highest BCUT2D eigenvalue weighted by molar-refractivity contribution is 5.98. The van der Waals surface area contributed by atoms with E-state index in [-0.39, 0.29) is 24.3 Å². The highest BCUT2D eigenvalue weighted by Crippen LogP contribution is 2.09. The molecule has 0 atom stereocenters. The van der Waals surface area contributed by atoms with Gasteiger partial charge in [0, 0.05) is 32.1 Å². The van der Waals surface area contributed by atoms with Crippen molar-refractivity contribution < 1.29 is 18.9 Å². The summed E-state index contributed by atoms with van der Waals surface area (Å²) in [6, 6.07) is 8.43. The fourth-order valence-electron chi connectivity index (χ4n) is 2.11. The molecule has 1 aromatic heterocycles. The molecular weight excluding hydrogens is 324 g/mol. The fraction of sp³-hybridized carbons (Fsp3) is 0.294. The highest BCUT2D eigenvalue weighted by Gasteiger charge is 2.16. The quantitative estimate of drug-likeness (QED) is 0.822. The molecule has 132 valence electrons. The Morgan fingerprint density at radius 1 is 1.20 bits per heavy atom. The maximum absolute atomic E-state index is 12.4. The molecule has 1 heterocycles. The molecule has 2 N–H and O–H groups in total. The van der Waals surface area contributed by atoms with Crippen LogP contribution in [0, 0.1) is 6.92 Å². The second-order valence-corrected chi connectivity index (χ2v) is 5.64. The predicted molar refractivity (Wildman–Crippen MR) is 90.8 cm³/mol. The molecule has 0 unspecified atom stereocenters. The van der Waals surface area contributed by atoms with Gasteiger partial charge in [-0.25, -0.2) is 0 Å². The van der Waals surface area contributed by atoms with Gasteiger partial charge in [0.25, 0.3) is 5.91 Å². The van der Waals surface area contributed by atoms with Gasteiger partial charge in [-0.05, 0) is 24.6 Å². The standard InChI is InChI=1S/C17H20N4O4/c1-11-8-15(20-25-11)19-16(23)10-21(3)17(24)14-6-4-13(5-7-14)9-18-12(2)22/h4-8H,9-10H2,1-3H3,(H,18,22)(H,19,20,23). The fourth-order valence-corrected chi connectivity index (χ4v) is 2.11. The molecule has 0 fully saturated rings. The van der Waals surface area contributed by atoms with Crippen LogP contribution in [0.4, 0.5) is 5.82 Å². The largest absolute Gasteiger partial charge is 0.360 e. The molecule has 0 radical (unpaired) electrons. The minimum atomic E-state index is -0.369. The molecule has 8 nitrogen and oxygen atoms in total. The van der Waals surface area contributed by atoms with Crippen LogP contribution in [0.1, 0.15) is 28.6 Å². The number of nitrogens with one attached hydrogen (secondary N) is 2. The lowest BCUT2D eigenvalue weighted by atomic mass is 10.1. The van der Waals surface area contributed by atoms with E-state index < -0.39 is 0 Å². The third kappa shape index (κ3) is 5.45. The van der Waals surface area contributed by atoms with Gasteiger partial charge < -0.3 is 20.1 Å². The van der Waals surface area contributed by atoms with E-state index in [1.54, 1.807) is 44.3 Å². The van der Waals surface area contributed by atoms with Crippen molar-refractivity contribution in [2.45, 2.75) is 20.4 Å². The Bertz CT molecular complexity index is 767. The van der Waals surface area contributed by atoms with Crippen molar-refractivity contribution in [2.24, 2.45) is 0 Å². The van der Waals surface area contributed by atoms with Gasteiger partial charge in [-0.2, -0.15) is 0 Å². The number of nitrogens with zero attached hydrogens (tertiary/aromatic N) is 2. The van der Waals surface area contributed by atoms with Crippen LogP contribution in [-0.2, 0) is 16.1 Å². The van der Waals surface area contributed by atoms with Crippen LogP contribution in [0.2, 0.25) is 0 Å². The maximum Gasteiger partial charge on any atom is 0.254 e. The third-order valence-corrected chi connectivity index (χ3v) is 3.37. The van der Waals surface area contributed by atoms with Gasteiger partial charge in [0.05, 0.1) is 6.54 Å². The van der Waals surface area contributed by atoms with E-state index in [0.717, 1.165) is 5.56 Å². The molecule has 0 saturated heterocycles. The van der Waals surface area contributed by atoms with E-state index in [9.17, 15) is 14.4 Å². The summed E-state index contributed by atoms with van der Waals surface area (Å²) in [6.07, 6.45) is 0. The lowest BCUT2D eigenvalue weighted by Gasteiger charge is -2.16. The predicted octanol–water partition coefficient (Wildman–Crippen LogP) is 1.33. The van der Waals surface area contributed by atoms with E-state index in [2.05, 4.69) is 15.8 Å². The number of rotatable bonds is 6. The number of benzene rings is 1. The van der Waals surface area contributed by atoms with E-state index in [1.165, 1.54) is 11.8 Å². The lowest BCUT2D eigenvalue weighted by Crippen LogP contribution is -2.35. The van der Waals surface area contributed by atoms with Gasteiger partial charge in [0.15, 0.2) is 5.82 Å². The molecular formula is C17H20N4O4. The van der Waals surface area contributed by atoms with E-state index in [0.29, 0.717) is 23.7 Å². The number of hydrogen-bond acceptors (Lipinski definition) is 5. The first kappa shape index (κ1) is 18.2. The minimum Gasteiger partial charge on any atom is -0.360 e. The van der Waals surface area contributed by atoms with Crippen molar-refractivity contribution in [3.05, 3.63) is 47.2 Å². The van der Waals surface area contributed by atoms with Crippen LogP contribution in [-0.4, -0.2) is 41.4 Å². The van der Waals surface area contributed by atoms with Crippen LogP contribution in [0.3, 0.4) is 0 Å². The van der Waals surface area contributed by atoms with E-state index in [4.69, 9.17) is 4.52 Å².